The maximum atomic E-state index is 13.0. The Hall–Kier alpha value is -3.32. The van der Waals surface area contributed by atoms with Crippen LogP contribution in [0.15, 0.2) is 47.9 Å². The molecule has 0 N–H and O–H groups in total. The fourth-order valence-corrected chi connectivity index (χ4v) is 4.57. The van der Waals surface area contributed by atoms with E-state index in [0.29, 0.717) is 42.5 Å². The Labute approximate surface area is 192 Å². The first-order valence-corrected chi connectivity index (χ1v) is 11.2. The molecule has 0 atom stereocenters. The van der Waals surface area contributed by atoms with Crippen LogP contribution in [-0.4, -0.2) is 50.2 Å². The first-order chi connectivity index (χ1) is 15.5. The van der Waals surface area contributed by atoms with E-state index in [2.05, 4.69) is 30.1 Å². The standard InChI is InChI=1S/C25H26N2O4S/c1-16-5-7-18(8-6-16)24-26-20(15-32-24)25(28)27-11-9-17(10-12-27)23-21(30-3)13-19(29-2)14-22(23)31-4/h5-9,13-15H,10-12H2,1-4H3. The molecule has 7 heteroatoms. The normalized spacial score (nSPS) is 13.5. The zero-order valence-electron chi connectivity index (χ0n) is 18.7. The van der Waals surface area contributed by atoms with Gasteiger partial charge in [0.2, 0.25) is 0 Å². The monoisotopic (exact) mass is 450 g/mol. The minimum Gasteiger partial charge on any atom is -0.496 e. The molecule has 0 aliphatic carbocycles. The molecule has 6 nitrogen and oxygen atoms in total. The first kappa shape index (κ1) is 21.9. The number of aryl methyl sites for hydroxylation is 1. The molecule has 1 aliphatic rings. The lowest BCUT2D eigenvalue weighted by Gasteiger charge is -2.27. The van der Waals surface area contributed by atoms with Crippen LogP contribution in [0.1, 0.15) is 28.0 Å². The van der Waals surface area contributed by atoms with Crippen molar-refractivity contribution in [3.8, 4) is 27.8 Å². The van der Waals surface area contributed by atoms with Crippen LogP contribution >= 0.6 is 11.3 Å². The quantitative estimate of drug-likeness (QED) is 0.525. The fourth-order valence-electron chi connectivity index (χ4n) is 3.77. The Morgan fingerprint density at radius 3 is 2.28 bits per heavy atom. The van der Waals surface area contributed by atoms with Crippen molar-refractivity contribution in [2.75, 3.05) is 34.4 Å². The fraction of sp³-hybridized carbons (Fsp3) is 0.280. The number of amides is 1. The van der Waals surface area contributed by atoms with Gasteiger partial charge in [0, 0.05) is 36.2 Å². The van der Waals surface area contributed by atoms with E-state index in [1.165, 1.54) is 16.9 Å². The lowest BCUT2D eigenvalue weighted by molar-refractivity contribution is 0.0768. The molecule has 0 unspecified atom stereocenters. The minimum atomic E-state index is -0.0522. The highest BCUT2D eigenvalue weighted by molar-refractivity contribution is 7.13. The van der Waals surface area contributed by atoms with Crippen molar-refractivity contribution in [2.24, 2.45) is 0 Å². The Kier molecular flexibility index (Phi) is 6.46. The van der Waals surface area contributed by atoms with Crippen molar-refractivity contribution in [2.45, 2.75) is 13.3 Å². The van der Waals surface area contributed by atoms with E-state index in [9.17, 15) is 4.79 Å². The van der Waals surface area contributed by atoms with Crippen molar-refractivity contribution in [3.05, 3.63) is 64.7 Å². The summed E-state index contributed by atoms with van der Waals surface area (Å²) in [6, 6.07) is 11.9. The maximum Gasteiger partial charge on any atom is 0.273 e. The van der Waals surface area contributed by atoms with Crippen LogP contribution in [0.5, 0.6) is 17.2 Å². The summed E-state index contributed by atoms with van der Waals surface area (Å²) in [5, 5.41) is 2.70. The number of aromatic nitrogens is 1. The zero-order chi connectivity index (χ0) is 22.7. The molecule has 2 aromatic carbocycles. The van der Waals surface area contributed by atoms with Gasteiger partial charge >= 0.3 is 0 Å². The number of rotatable bonds is 6. The predicted molar refractivity (Wildman–Crippen MR) is 127 cm³/mol. The number of methoxy groups -OCH3 is 3. The van der Waals surface area contributed by atoms with Gasteiger partial charge in [0.05, 0.1) is 26.9 Å². The second kappa shape index (κ2) is 9.44. The highest BCUT2D eigenvalue weighted by Crippen LogP contribution is 2.41. The van der Waals surface area contributed by atoms with Crippen molar-refractivity contribution >= 4 is 22.8 Å². The van der Waals surface area contributed by atoms with Gasteiger partial charge in [-0.2, -0.15) is 0 Å². The molecule has 0 radical (unpaired) electrons. The van der Waals surface area contributed by atoms with Crippen molar-refractivity contribution in [1.29, 1.82) is 0 Å². The van der Waals surface area contributed by atoms with Gasteiger partial charge in [0.15, 0.2) is 0 Å². The number of thiazole rings is 1. The molecule has 0 bridgehead atoms. The Morgan fingerprint density at radius 1 is 1.03 bits per heavy atom. The largest absolute Gasteiger partial charge is 0.496 e. The minimum absolute atomic E-state index is 0.0522. The number of benzene rings is 2. The van der Waals surface area contributed by atoms with Gasteiger partial charge in [-0.15, -0.1) is 11.3 Å². The molecular weight excluding hydrogens is 424 g/mol. The summed E-state index contributed by atoms with van der Waals surface area (Å²) in [6.07, 6.45) is 2.75. The predicted octanol–water partition coefficient (Wildman–Crippen LogP) is 5.07. The van der Waals surface area contributed by atoms with Crippen LogP contribution in [0.2, 0.25) is 0 Å². The third-order valence-corrected chi connectivity index (χ3v) is 6.45. The van der Waals surface area contributed by atoms with Gasteiger partial charge in [-0.3, -0.25) is 4.79 Å². The average molecular weight is 451 g/mol. The molecule has 166 valence electrons. The Morgan fingerprint density at radius 2 is 1.72 bits per heavy atom. The summed E-state index contributed by atoms with van der Waals surface area (Å²) in [5.74, 6) is 2.00. The van der Waals surface area contributed by atoms with E-state index < -0.39 is 0 Å². The summed E-state index contributed by atoms with van der Waals surface area (Å²) < 4.78 is 16.5. The van der Waals surface area contributed by atoms with Gasteiger partial charge in [-0.1, -0.05) is 35.9 Å². The van der Waals surface area contributed by atoms with Crippen LogP contribution in [0.3, 0.4) is 0 Å². The summed E-state index contributed by atoms with van der Waals surface area (Å²) in [7, 11) is 4.87. The molecule has 1 aromatic heterocycles. The average Bonchev–Trinajstić information content (AvgIpc) is 3.33. The van der Waals surface area contributed by atoms with Gasteiger partial charge in [0.25, 0.3) is 5.91 Å². The van der Waals surface area contributed by atoms with E-state index in [-0.39, 0.29) is 5.91 Å². The molecule has 1 amide bonds. The second-order valence-electron chi connectivity index (χ2n) is 7.54. The summed E-state index contributed by atoms with van der Waals surface area (Å²) >= 11 is 1.49. The third kappa shape index (κ3) is 4.34. The third-order valence-electron chi connectivity index (χ3n) is 5.55. The van der Waals surface area contributed by atoms with Gasteiger partial charge in [-0.05, 0) is 18.9 Å². The topological polar surface area (TPSA) is 60.9 Å². The van der Waals surface area contributed by atoms with Gasteiger partial charge in [-0.25, -0.2) is 4.98 Å². The highest BCUT2D eigenvalue weighted by atomic mass is 32.1. The van der Waals surface area contributed by atoms with Gasteiger partial charge in [0.1, 0.15) is 28.0 Å². The van der Waals surface area contributed by atoms with Crippen molar-refractivity contribution in [1.82, 2.24) is 9.88 Å². The van der Waals surface area contributed by atoms with E-state index in [1.807, 2.05) is 34.5 Å². The number of carbonyl (C=O) groups excluding carboxylic acids is 1. The van der Waals surface area contributed by atoms with Gasteiger partial charge < -0.3 is 19.1 Å². The number of nitrogens with zero attached hydrogens (tertiary/aromatic N) is 2. The van der Waals surface area contributed by atoms with Crippen molar-refractivity contribution in [3.63, 3.8) is 0 Å². The summed E-state index contributed by atoms with van der Waals surface area (Å²) in [4.78, 5) is 19.5. The second-order valence-corrected chi connectivity index (χ2v) is 8.40. The number of hydrogen-bond donors (Lipinski definition) is 0. The molecule has 4 rings (SSSR count). The molecule has 0 saturated carbocycles. The van der Waals surface area contributed by atoms with Crippen LogP contribution in [0.25, 0.3) is 16.1 Å². The maximum absolute atomic E-state index is 13.0. The van der Waals surface area contributed by atoms with Crippen LogP contribution < -0.4 is 14.2 Å². The van der Waals surface area contributed by atoms with Crippen LogP contribution in [-0.2, 0) is 0 Å². The number of hydrogen-bond acceptors (Lipinski definition) is 6. The molecule has 1 aliphatic heterocycles. The SMILES string of the molecule is COc1cc(OC)c(C2=CCN(C(=O)c3csc(-c4ccc(C)cc4)n3)CC2)c(OC)c1. The Bertz CT molecular complexity index is 1130. The van der Waals surface area contributed by atoms with Crippen LogP contribution in [0.4, 0.5) is 0 Å². The molecular formula is C25H26N2O4S. The first-order valence-electron chi connectivity index (χ1n) is 10.3. The molecule has 2 heterocycles. The molecule has 0 fully saturated rings. The molecule has 0 saturated heterocycles. The molecule has 3 aromatic rings. The number of carbonyl (C=O) groups is 1. The lowest BCUT2D eigenvalue weighted by Crippen LogP contribution is -2.34. The van der Waals surface area contributed by atoms with E-state index in [1.54, 1.807) is 21.3 Å². The number of ether oxygens (including phenoxy) is 3. The van der Waals surface area contributed by atoms with Crippen LogP contribution in [0, 0.1) is 6.92 Å². The van der Waals surface area contributed by atoms with E-state index >= 15 is 0 Å². The highest BCUT2D eigenvalue weighted by Gasteiger charge is 2.25. The van der Waals surface area contributed by atoms with E-state index in [4.69, 9.17) is 14.2 Å². The Balaban J connectivity index is 1.53. The van der Waals surface area contributed by atoms with Crippen molar-refractivity contribution < 1.29 is 19.0 Å². The lowest BCUT2D eigenvalue weighted by atomic mass is 9.97. The molecule has 0 spiro atoms. The smallest absolute Gasteiger partial charge is 0.273 e. The van der Waals surface area contributed by atoms with E-state index in [0.717, 1.165) is 21.7 Å². The molecule has 32 heavy (non-hydrogen) atoms. The zero-order valence-corrected chi connectivity index (χ0v) is 19.5. The summed E-state index contributed by atoms with van der Waals surface area (Å²) in [5.41, 5.74) is 4.70. The summed E-state index contributed by atoms with van der Waals surface area (Å²) in [6.45, 7) is 3.15.